The number of hydrogen-bond acceptors (Lipinski definition) is 4. The molecular weight excluding hydrogens is 346 g/mol. The van der Waals surface area contributed by atoms with Crippen molar-refractivity contribution in [2.75, 3.05) is 13.1 Å². The first-order chi connectivity index (χ1) is 12.1. The fourth-order valence-corrected chi connectivity index (χ4v) is 3.43. The number of carbonyl (C=O) groups is 1. The molecule has 4 nitrogen and oxygen atoms in total. The lowest BCUT2D eigenvalue weighted by Gasteiger charge is -2.32. The number of ether oxygens (including phenoxy) is 1. The van der Waals surface area contributed by atoms with Gasteiger partial charge in [0.05, 0.1) is 5.56 Å². The van der Waals surface area contributed by atoms with Gasteiger partial charge in [0.1, 0.15) is 11.9 Å². The molecule has 1 saturated heterocycles. The van der Waals surface area contributed by atoms with Crippen molar-refractivity contribution in [2.45, 2.75) is 29.6 Å². The number of hydrogen-bond donors (Lipinski definition) is 0. The molecule has 0 aliphatic carbocycles. The van der Waals surface area contributed by atoms with E-state index in [0.29, 0.717) is 48.2 Å². The van der Waals surface area contributed by atoms with Crippen LogP contribution in [0, 0.1) is 0 Å². The summed E-state index contributed by atoms with van der Waals surface area (Å²) in [6, 6.07) is 10.1. The summed E-state index contributed by atoms with van der Waals surface area (Å²) < 4.78 is 31.2. The summed E-state index contributed by atoms with van der Waals surface area (Å²) in [4.78, 5) is 18.7. The van der Waals surface area contributed by atoms with Crippen molar-refractivity contribution < 1.29 is 18.3 Å². The van der Waals surface area contributed by atoms with E-state index in [9.17, 15) is 13.6 Å². The zero-order valence-corrected chi connectivity index (χ0v) is 14.3. The molecule has 0 saturated carbocycles. The SMILES string of the molecule is O=C(c1ccccc1SC(F)F)N1CCC(Oc2ccncc2)CC1. The van der Waals surface area contributed by atoms with Gasteiger partial charge in [0, 0.05) is 43.2 Å². The van der Waals surface area contributed by atoms with E-state index < -0.39 is 5.76 Å². The lowest BCUT2D eigenvalue weighted by molar-refractivity contribution is 0.0592. The number of aromatic nitrogens is 1. The number of piperidine rings is 1. The van der Waals surface area contributed by atoms with Crippen molar-refractivity contribution in [1.29, 1.82) is 0 Å². The van der Waals surface area contributed by atoms with Gasteiger partial charge >= 0.3 is 0 Å². The summed E-state index contributed by atoms with van der Waals surface area (Å²) in [6.45, 7) is 1.09. The second-order valence-corrected chi connectivity index (χ2v) is 6.70. The van der Waals surface area contributed by atoms with Gasteiger partial charge in [-0.2, -0.15) is 8.78 Å². The fourth-order valence-electron chi connectivity index (χ4n) is 2.80. The predicted octanol–water partition coefficient (Wildman–Crippen LogP) is 4.08. The maximum atomic E-state index is 12.7. The van der Waals surface area contributed by atoms with E-state index in [4.69, 9.17) is 4.74 Å². The van der Waals surface area contributed by atoms with Crippen molar-refractivity contribution in [3.05, 3.63) is 54.4 Å². The number of likely N-dealkylation sites (tertiary alicyclic amines) is 1. The number of amides is 1. The topological polar surface area (TPSA) is 42.4 Å². The zero-order valence-electron chi connectivity index (χ0n) is 13.5. The second-order valence-electron chi connectivity index (χ2n) is 5.67. The Morgan fingerprint density at radius 3 is 2.52 bits per heavy atom. The highest BCUT2D eigenvalue weighted by Gasteiger charge is 2.26. The van der Waals surface area contributed by atoms with Crippen LogP contribution in [0.5, 0.6) is 5.75 Å². The van der Waals surface area contributed by atoms with Gasteiger partial charge in [0.2, 0.25) is 0 Å². The number of rotatable bonds is 5. The van der Waals surface area contributed by atoms with Gasteiger partial charge in [0.25, 0.3) is 11.7 Å². The molecule has 0 N–H and O–H groups in total. The highest BCUT2D eigenvalue weighted by Crippen LogP contribution is 2.30. The van der Waals surface area contributed by atoms with Gasteiger partial charge in [0.15, 0.2) is 0 Å². The number of thioether (sulfide) groups is 1. The molecule has 1 amide bonds. The molecule has 2 heterocycles. The van der Waals surface area contributed by atoms with E-state index in [2.05, 4.69) is 4.98 Å². The molecule has 1 aliphatic rings. The normalized spacial score (nSPS) is 15.4. The smallest absolute Gasteiger partial charge is 0.288 e. The minimum Gasteiger partial charge on any atom is -0.490 e. The van der Waals surface area contributed by atoms with Crippen molar-refractivity contribution in [3.8, 4) is 5.75 Å². The lowest BCUT2D eigenvalue weighted by atomic mass is 10.1. The Labute approximate surface area is 149 Å². The van der Waals surface area contributed by atoms with Gasteiger partial charge < -0.3 is 9.64 Å². The first-order valence-electron chi connectivity index (χ1n) is 8.03. The average molecular weight is 364 g/mol. The molecule has 25 heavy (non-hydrogen) atoms. The van der Waals surface area contributed by atoms with Crippen LogP contribution in [0.1, 0.15) is 23.2 Å². The van der Waals surface area contributed by atoms with Gasteiger partial charge in [-0.25, -0.2) is 0 Å². The van der Waals surface area contributed by atoms with E-state index in [0.717, 1.165) is 5.75 Å². The molecule has 2 aromatic rings. The molecule has 7 heteroatoms. The van der Waals surface area contributed by atoms with E-state index in [1.165, 1.54) is 0 Å². The van der Waals surface area contributed by atoms with Crippen molar-refractivity contribution in [3.63, 3.8) is 0 Å². The third-order valence-electron chi connectivity index (χ3n) is 4.02. The molecule has 0 spiro atoms. The summed E-state index contributed by atoms with van der Waals surface area (Å²) in [5.41, 5.74) is 0.335. The Morgan fingerprint density at radius 1 is 1.16 bits per heavy atom. The van der Waals surface area contributed by atoms with Crippen LogP contribution in [0.2, 0.25) is 0 Å². The number of benzene rings is 1. The minimum absolute atomic E-state index is 0.0390. The molecule has 0 bridgehead atoms. The lowest BCUT2D eigenvalue weighted by Crippen LogP contribution is -2.42. The van der Waals surface area contributed by atoms with E-state index in [1.54, 1.807) is 53.7 Å². The first-order valence-corrected chi connectivity index (χ1v) is 8.91. The highest BCUT2D eigenvalue weighted by atomic mass is 32.2. The van der Waals surface area contributed by atoms with Gasteiger partial charge in [-0.1, -0.05) is 23.9 Å². The molecule has 0 atom stereocenters. The van der Waals surface area contributed by atoms with Crippen LogP contribution in [0.4, 0.5) is 8.78 Å². The molecule has 0 radical (unpaired) electrons. The second kappa shape index (κ2) is 8.29. The molecule has 1 aliphatic heterocycles. The monoisotopic (exact) mass is 364 g/mol. The zero-order chi connectivity index (χ0) is 17.6. The quantitative estimate of drug-likeness (QED) is 0.750. The molecule has 1 aromatic carbocycles. The van der Waals surface area contributed by atoms with E-state index in [-0.39, 0.29) is 12.0 Å². The van der Waals surface area contributed by atoms with Crippen LogP contribution in [-0.4, -0.2) is 40.7 Å². The molecule has 1 aromatic heterocycles. The van der Waals surface area contributed by atoms with Crippen LogP contribution < -0.4 is 4.74 Å². The number of nitrogens with zero attached hydrogens (tertiary/aromatic N) is 2. The highest BCUT2D eigenvalue weighted by molar-refractivity contribution is 7.99. The minimum atomic E-state index is -2.55. The van der Waals surface area contributed by atoms with Crippen LogP contribution in [0.15, 0.2) is 53.7 Å². The summed E-state index contributed by atoms with van der Waals surface area (Å²) >= 11 is 0.408. The van der Waals surface area contributed by atoms with Gasteiger partial charge in [-0.3, -0.25) is 9.78 Å². The Hall–Kier alpha value is -2.15. The third kappa shape index (κ3) is 4.69. The predicted molar refractivity (Wildman–Crippen MR) is 92.1 cm³/mol. The maximum Gasteiger partial charge on any atom is 0.288 e. The number of pyridine rings is 1. The summed E-state index contributed by atoms with van der Waals surface area (Å²) in [5.74, 6) is -1.99. The van der Waals surface area contributed by atoms with E-state index in [1.807, 2.05) is 0 Å². The van der Waals surface area contributed by atoms with Crippen LogP contribution in [0.3, 0.4) is 0 Å². The summed E-state index contributed by atoms with van der Waals surface area (Å²) in [5, 5.41) is 0. The van der Waals surface area contributed by atoms with Crippen molar-refractivity contribution >= 4 is 17.7 Å². The van der Waals surface area contributed by atoms with Crippen LogP contribution >= 0.6 is 11.8 Å². The van der Waals surface area contributed by atoms with Crippen molar-refractivity contribution in [1.82, 2.24) is 9.88 Å². The third-order valence-corrected chi connectivity index (χ3v) is 4.80. The maximum absolute atomic E-state index is 12.7. The first kappa shape index (κ1) is 17.7. The Kier molecular flexibility index (Phi) is 5.86. The van der Waals surface area contributed by atoms with Gasteiger partial charge in [-0.15, -0.1) is 0 Å². The Bertz CT molecular complexity index is 707. The Morgan fingerprint density at radius 2 is 1.84 bits per heavy atom. The summed E-state index contributed by atoms with van der Waals surface area (Å²) in [6.07, 6.45) is 4.80. The average Bonchev–Trinajstić information content (AvgIpc) is 2.63. The number of carbonyl (C=O) groups excluding carboxylic acids is 1. The van der Waals surface area contributed by atoms with Crippen molar-refractivity contribution in [2.24, 2.45) is 0 Å². The molecule has 3 rings (SSSR count). The molecule has 132 valence electrons. The number of alkyl halides is 2. The molecule has 1 fully saturated rings. The summed E-state index contributed by atoms with van der Waals surface area (Å²) in [7, 11) is 0. The largest absolute Gasteiger partial charge is 0.490 e. The molecule has 0 unspecified atom stereocenters. The molecular formula is C18H18F2N2O2S. The Balaban J connectivity index is 1.60. The van der Waals surface area contributed by atoms with Crippen LogP contribution in [-0.2, 0) is 0 Å². The number of halogens is 2. The fraction of sp³-hybridized carbons (Fsp3) is 0.333. The van der Waals surface area contributed by atoms with E-state index >= 15 is 0 Å². The standard InChI is InChI=1S/C18H18F2N2O2S/c19-18(20)25-16-4-2-1-3-15(16)17(23)22-11-7-14(8-12-22)24-13-5-9-21-10-6-13/h1-6,9-10,14,18H,7-8,11-12H2. The van der Waals surface area contributed by atoms with Crippen LogP contribution in [0.25, 0.3) is 0 Å². The van der Waals surface area contributed by atoms with Gasteiger partial charge in [-0.05, 0) is 24.3 Å².